The fourth-order valence-electron chi connectivity index (χ4n) is 8.97. The second-order valence-electron chi connectivity index (χ2n) is 21.5. The molecule has 0 fully saturated rings. The van der Waals surface area contributed by atoms with Gasteiger partial charge in [0.15, 0.2) is 6.10 Å². The first-order valence-electron chi connectivity index (χ1n) is 29.1. The van der Waals surface area contributed by atoms with E-state index in [9.17, 15) is 14.4 Å². The molecule has 0 aromatic rings. The average Bonchev–Trinajstić information content (AvgIpc) is 3.28. The number of carbonyl (C=O) groups excluding carboxylic acids is 3. The molecule has 386 valence electrons. The Morgan fingerprint density at radius 1 is 0.308 bits per heavy atom. The lowest BCUT2D eigenvalue weighted by atomic mass is 9.99. The van der Waals surface area contributed by atoms with Crippen molar-refractivity contribution < 1.29 is 28.6 Å². The van der Waals surface area contributed by atoms with Crippen molar-refractivity contribution in [1.29, 1.82) is 0 Å². The molecule has 0 saturated carbocycles. The molecule has 0 aliphatic rings. The quantitative estimate of drug-likeness (QED) is 0.0344. The molecule has 0 aromatic heterocycles. The predicted molar refractivity (Wildman–Crippen MR) is 279 cm³/mol. The summed E-state index contributed by atoms with van der Waals surface area (Å²) < 4.78 is 16.9. The van der Waals surface area contributed by atoms with E-state index in [4.69, 9.17) is 14.2 Å². The van der Waals surface area contributed by atoms with Crippen molar-refractivity contribution in [3.8, 4) is 0 Å². The SMILES string of the molecule is CCC(C)CCCCCCCCCCCCC(=O)OC[C@@H](COC(=O)CCCCCCCCCCCCCC(C)C)OC(=O)CCCCCCCCCCCCCCCCCCC(C)C. The molecule has 65 heavy (non-hydrogen) atoms. The molecular weight excluding hydrogens is 805 g/mol. The monoisotopic (exact) mass is 919 g/mol. The van der Waals surface area contributed by atoms with Crippen molar-refractivity contribution in [3.05, 3.63) is 0 Å². The third kappa shape index (κ3) is 51.6. The number of unbranched alkanes of at least 4 members (excludes halogenated alkanes) is 34. The van der Waals surface area contributed by atoms with Crippen LogP contribution in [0.5, 0.6) is 0 Å². The minimum Gasteiger partial charge on any atom is -0.462 e. The smallest absolute Gasteiger partial charge is 0.306 e. The lowest BCUT2D eigenvalue weighted by Crippen LogP contribution is -2.30. The summed E-state index contributed by atoms with van der Waals surface area (Å²) in [5.74, 6) is 1.70. The summed E-state index contributed by atoms with van der Waals surface area (Å²) in [4.78, 5) is 38.1. The molecule has 0 heterocycles. The average molecular weight is 920 g/mol. The van der Waals surface area contributed by atoms with Crippen LogP contribution in [0, 0.1) is 17.8 Å². The molecule has 6 nitrogen and oxygen atoms in total. The largest absolute Gasteiger partial charge is 0.462 e. The van der Waals surface area contributed by atoms with Crippen LogP contribution in [0.4, 0.5) is 0 Å². The first kappa shape index (κ1) is 63.4. The van der Waals surface area contributed by atoms with Crippen LogP contribution in [-0.4, -0.2) is 37.2 Å². The summed E-state index contributed by atoms with van der Waals surface area (Å²) in [6.07, 6.45) is 52.3. The van der Waals surface area contributed by atoms with E-state index in [2.05, 4.69) is 41.5 Å². The van der Waals surface area contributed by atoms with Gasteiger partial charge in [-0.05, 0) is 37.0 Å². The molecule has 0 spiro atoms. The van der Waals surface area contributed by atoms with Crippen molar-refractivity contribution >= 4 is 17.9 Å². The number of hydrogen-bond acceptors (Lipinski definition) is 6. The topological polar surface area (TPSA) is 78.9 Å². The Bertz CT molecular complexity index is 1010. The molecule has 0 radical (unpaired) electrons. The molecule has 1 unspecified atom stereocenters. The van der Waals surface area contributed by atoms with Gasteiger partial charge in [-0.25, -0.2) is 0 Å². The molecule has 0 N–H and O–H groups in total. The Labute approximate surface area is 406 Å². The molecule has 0 bridgehead atoms. The van der Waals surface area contributed by atoms with Crippen LogP contribution in [0.15, 0.2) is 0 Å². The van der Waals surface area contributed by atoms with Crippen molar-refractivity contribution in [3.63, 3.8) is 0 Å². The molecular formula is C59H114O6. The Morgan fingerprint density at radius 3 is 0.800 bits per heavy atom. The highest BCUT2D eigenvalue weighted by Crippen LogP contribution is 2.19. The third-order valence-corrected chi connectivity index (χ3v) is 13.8. The highest BCUT2D eigenvalue weighted by atomic mass is 16.6. The van der Waals surface area contributed by atoms with E-state index in [-0.39, 0.29) is 31.1 Å². The molecule has 0 amide bonds. The summed E-state index contributed by atoms with van der Waals surface area (Å²) in [5, 5.41) is 0. The number of rotatable bonds is 52. The highest BCUT2D eigenvalue weighted by molar-refractivity contribution is 5.71. The van der Waals surface area contributed by atoms with Gasteiger partial charge in [0, 0.05) is 19.3 Å². The Balaban J connectivity index is 4.30. The van der Waals surface area contributed by atoms with Crippen LogP contribution in [-0.2, 0) is 28.6 Å². The lowest BCUT2D eigenvalue weighted by molar-refractivity contribution is -0.167. The molecule has 6 heteroatoms. The fourth-order valence-corrected chi connectivity index (χ4v) is 8.97. The first-order valence-corrected chi connectivity index (χ1v) is 29.1. The summed E-state index contributed by atoms with van der Waals surface area (Å²) in [6, 6.07) is 0. The van der Waals surface area contributed by atoms with Gasteiger partial charge < -0.3 is 14.2 Å². The van der Waals surface area contributed by atoms with Gasteiger partial charge in [0.1, 0.15) is 13.2 Å². The summed E-state index contributed by atoms with van der Waals surface area (Å²) in [5.41, 5.74) is 0. The van der Waals surface area contributed by atoms with Gasteiger partial charge in [-0.2, -0.15) is 0 Å². The van der Waals surface area contributed by atoms with Gasteiger partial charge in [0.05, 0.1) is 0 Å². The zero-order valence-corrected chi connectivity index (χ0v) is 44.8. The zero-order valence-electron chi connectivity index (χ0n) is 44.8. The second kappa shape index (κ2) is 50.3. The van der Waals surface area contributed by atoms with Crippen LogP contribution in [0.3, 0.4) is 0 Å². The molecule has 0 aliphatic carbocycles. The van der Waals surface area contributed by atoms with E-state index < -0.39 is 6.10 Å². The third-order valence-electron chi connectivity index (χ3n) is 13.8. The van der Waals surface area contributed by atoms with Crippen LogP contribution in [0.2, 0.25) is 0 Å². The van der Waals surface area contributed by atoms with Crippen LogP contribution >= 0.6 is 0 Å². The van der Waals surface area contributed by atoms with Crippen LogP contribution in [0.25, 0.3) is 0 Å². The first-order chi connectivity index (χ1) is 31.6. The number of hydrogen-bond donors (Lipinski definition) is 0. The van der Waals surface area contributed by atoms with Crippen molar-refractivity contribution in [2.24, 2.45) is 17.8 Å². The number of ether oxygens (including phenoxy) is 3. The van der Waals surface area contributed by atoms with Crippen molar-refractivity contribution in [2.75, 3.05) is 13.2 Å². The maximum atomic E-state index is 12.9. The van der Waals surface area contributed by atoms with Gasteiger partial charge in [-0.3, -0.25) is 14.4 Å². The summed E-state index contributed by atoms with van der Waals surface area (Å²) in [7, 11) is 0. The highest BCUT2D eigenvalue weighted by Gasteiger charge is 2.19. The second-order valence-corrected chi connectivity index (χ2v) is 21.5. The Kier molecular flexibility index (Phi) is 49.1. The van der Waals surface area contributed by atoms with Crippen molar-refractivity contribution in [2.45, 2.75) is 330 Å². The minimum absolute atomic E-state index is 0.0637. The summed E-state index contributed by atoms with van der Waals surface area (Å²) >= 11 is 0. The van der Waals surface area contributed by atoms with Crippen molar-refractivity contribution in [1.82, 2.24) is 0 Å². The van der Waals surface area contributed by atoms with E-state index >= 15 is 0 Å². The molecule has 0 aromatic carbocycles. The van der Waals surface area contributed by atoms with Gasteiger partial charge in [0.25, 0.3) is 0 Å². The molecule has 0 aliphatic heterocycles. The lowest BCUT2D eigenvalue weighted by Gasteiger charge is -2.18. The van der Waals surface area contributed by atoms with Crippen LogP contribution < -0.4 is 0 Å². The minimum atomic E-state index is -0.764. The standard InChI is InChI=1S/C59H114O6/c1-7-55(6)47-41-35-29-23-19-20-25-31-37-43-49-58(61)64-52-56(51-63-57(60)48-42-36-30-24-18-14-16-22-28-34-40-46-54(4)5)65-59(62)50-44-38-32-26-17-13-11-9-8-10-12-15-21-27-33-39-45-53(2)3/h53-56H,7-52H2,1-6H3/t55?,56-/m1/s1. The molecule has 0 saturated heterocycles. The van der Waals surface area contributed by atoms with E-state index in [1.165, 1.54) is 205 Å². The van der Waals surface area contributed by atoms with Gasteiger partial charge in [-0.15, -0.1) is 0 Å². The van der Waals surface area contributed by atoms with Gasteiger partial charge in [0.2, 0.25) is 0 Å². The molecule has 0 rings (SSSR count). The Morgan fingerprint density at radius 2 is 0.538 bits per heavy atom. The van der Waals surface area contributed by atoms with Crippen LogP contribution in [0.1, 0.15) is 324 Å². The zero-order chi connectivity index (χ0) is 47.7. The van der Waals surface area contributed by atoms with Gasteiger partial charge in [-0.1, -0.05) is 286 Å². The van der Waals surface area contributed by atoms with E-state index in [0.717, 1.165) is 75.5 Å². The normalized spacial score (nSPS) is 12.6. The maximum absolute atomic E-state index is 12.9. The Hall–Kier alpha value is -1.59. The fraction of sp³-hybridized carbons (Fsp3) is 0.949. The van der Waals surface area contributed by atoms with Gasteiger partial charge >= 0.3 is 17.9 Å². The molecule has 2 atom stereocenters. The number of carbonyl (C=O) groups is 3. The summed E-state index contributed by atoms with van der Waals surface area (Å²) in [6.45, 7) is 13.8. The van der Waals surface area contributed by atoms with E-state index in [1.54, 1.807) is 0 Å². The van der Waals surface area contributed by atoms with E-state index in [1.807, 2.05) is 0 Å². The predicted octanol–water partition coefficient (Wildman–Crippen LogP) is 19.1. The van der Waals surface area contributed by atoms with E-state index in [0.29, 0.717) is 19.3 Å². The maximum Gasteiger partial charge on any atom is 0.306 e. The number of esters is 3.